The van der Waals surface area contributed by atoms with E-state index in [1.54, 1.807) is 0 Å². The fourth-order valence-corrected chi connectivity index (χ4v) is 3.54. The molecule has 1 aliphatic heterocycles. The van der Waals surface area contributed by atoms with Crippen LogP contribution in [0.5, 0.6) is 0 Å². The molecule has 1 fully saturated rings. The highest BCUT2D eigenvalue weighted by atomic mass is 16.6. The summed E-state index contributed by atoms with van der Waals surface area (Å²) in [5, 5.41) is 15.0. The van der Waals surface area contributed by atoms with Gasteiger partial charge in [0.1, 0.15) is 6.33 Å². The van der Waals surface area contributed by atoms with Crippen molar-refractivity contribution in [2.75, 3.05) is 41.3 Å². The highest BCUT2D eigenvalue weighted by Gasteiger charge is 2.29. The number of nitro groups is 1. The van der Waals surface area contributed by atoms with E-state index in [4.69, 9.17) is 0 Å². The summed E-state index contributed by atoms with van der Waals surface area (Å²) >= 11 is 0. The minimum absolute atomic E-state index is 0.0952. The Hall–Kier alpha value is -3.68. The van der Waals surface area contributed by atoms with Gasteiger partial charge in [0.05, 0.1) is 4.92 Å². The summed E-state index contributed by atoms with van der Waals surface area (Å²) in [7, 11) is 0. The van der Waals surface area contributed by atoms with Crippen LogP contribution in [0.15, 0.2) is 60.9 Å². The van der Waals surface area contributed by atoms with Crippen LogP contribution in [0.4, 0.5) is 28.7 Å². The largest absolute Gasteiger partial charge is 0.368 e. The predicted octanol–water partition coefficient (Wildman–Crippen LogP) is 3.76. The number of rotatable bonds is 5. The van der Waals surface area contributed by atoms with Gasteiger partial charge in [-0.25, -0.2) is 9.97 Å². The summed E-state index contributed by atoms with van der Waals surface area (Å²) in [6.07, 6.45) is 1.38. The monoisotopic (exact) mass is 390 g/mol. The summed E-state index contributed by atoms with van der Waals surface area (Å²) in [6.45, 7) is 4.81. The number of anilines is 4. The number of piperazine rings is 1. The first kappa shape index (κ1) is 18.7. The number of nitrogens with one attached hydrogen (secondary N) is 1. The van der Waals surface area contributed by atoms with Crippen LogP contribution >= 0.6 is 0 Å². The zero-order valence-corrected chi connectivity index (χ0v) is 16.2. The summed E-state index contributed by atoms with van der Waals surface area (Å²) in [5.74, 6) is 0.559. The molecule has 2 aromatic carbocycles. The summed E-state index contributed by atoms with van der Waals surface area (Å²) < 4.78 is 0. The van der Waals surface area contributed by atoms with Gasteiger partial charge in [0.2, 0.25) is 11.6 Å². The second-order valence-corrected chi connectivity index (χ2v) is 6.96. The Bertz CT molecular complexity index is 1000. The Balaban J connectivity index is 1.57. The van der Waals surface area contributed by atoms with Crippen molar-refractivity contribution in [2.24, 2.45) is 0 Å². The van der Waals surface area contributed by atoms with E-state index in [-0.39, 0.29) is 11.5 Å². The summed E-state index contributed by atoms with van der Waals surface area (Å²) in [4.78, 5) is 24.1. The number of hydrogen-bond donors (Lipinski definition) is 1. The van der Waals surface area contributed by atoms with E-state index in [1.165, 1.54) is 6.33 Å². The van der Waals surface area contributed by atoms with Gasteiger partial charge in [-0.2, -0.15) is 0 Å². The van der Waals surface area contributed by atoms with Crippen molar-refractivity contribution in [1.82, 2.24) is 9.97 Å². The molecule has 0 aliphatic carbocycles. The molecule has 2 heterocycles. The first-order valence-corrected chi connectivity index (χ1v) is 9.50. The number of benzene rings is 2. The van der Waals surface area contributed by atoms with Gasteiger partial charge >= 0.3 is 5.69 Å². The zero-order chi connectivity index (χ0) is 20.2. The van der Waals surface area contributed by atoms with Gasteiger partial charge < -0.3 is 15.1 Å². The lowest BCUT2D eigenvalue weighted by Crippen LogP contribution is -2.47. The fraction of sp³-hybridized carbons (Fsp3) is 0.238. The molecule has 148 valence electrons. The minimum atomic E-state index is -0.406. The van der Waals surface area contributed by atoms with Gasteiger partial charge in [-0.3, -0.25) is 10.1 Å². The minimum Gasteiger partial charge on any atom is -0.368 e. The zero-order valence-electron chi connectivity index (χ0n) is 16.2. The van der Waals surface area contributed by atoms with E-state index < -0.39 is 4.92 Å². The predicted molar refractivity (Wildman–Crippen MR) is 114 cm³/mol. The molecule has 1 aliphatic rings. The van der Waals surface area contributed by atoms with E-state index in [0.717, 1.165) is 30.0 Å². The molecule has 1 N–H and O–H groups in total. The maximum atomic E-state index is 11.9. The Morgan fingerprint density at radius 1 is 0.966 bits per heavy atom. The normalized spacial score (nSPS) is 14.0. The lowest BCUT2D eigenvalue weighted by molar-refractivity contribution is -0.383. The van der Waals surface area contributed by atoms with Crippen molar-refractivity contribution in [3.8, 4) is 0 Å². The SMILES string of the molecule is Cc1cccc(Nc2ncnc(N3CCN(c4ccccc4)CC3)c2[N+](=O)[O-])c1. The fourth-order valence-electron chi connectivity index (χ4n) is 3.54. The van der Waals surface area contributed by atoms with Crippen molar-refractivity contribution in [3.05, 3.63) is 76.6 Å². The Morgan fingerprint density at radius 2 is 1.69 bits per heavy atom. The maximum absolute atomic E-state index is 11.9. The molecule has 0 saturated carbocycles. The molecule has 29 heavy (non-hydrogen) atoms. The van der Waals surface area contributed by atoms with Crippen molar-refractivity contribution in [2.45, 2.75) is 6.92 Å². The second kappa shape index (κ2) is 8.14. The first-order valence-electron chi connectivity index (χ1n) is 9.50. The molecular weight excluding hydrogens is 368 g/mol. The Kier molecular flexibility index (Phi) is 5.24. The summed E-state index contributed by atoms with van der Waals surface area (Å²) in [6, 6.07) is 17.8. The summed E-state index contributed by atoms with van der Waals surface area (Å²) in [5.41, 5.74) is 2.88. The van der Waals surface area contributed by atoms with Crippen molar-refractivity contribution >= 4 is 28.7 Å². The molecule has 0 spiro atoms. The lowest BCUT2D eigenvalue weighted by atomic mass is 10.2. The van der Waals surface area contributed by atoms with Gasteiger partial charge in [0, 0.05) is 37.6 Å². The van der Waals surface area contributed by atoms with Crippen LogP contribution in [0.25, 0.3) is 0 Å². The molecule has 0 radical (unpaired) electrons. The quantitative estimate of drug-likeness (QED) is 0.524. The molecule has 8 nitrogen and oxygen atoms in total. The van der Waals surface area contributed by atoms with E-state index in [1.807, 2.05) is 54.3 Å². The molecule has 8 heteroatoms. The Morgan fingerprint density at radius 3 is 2.38 bits per heavy atom. The standard InChI is InChI=1S/C21H22N6O2/c1-16-6-5-7-17(14-16)24-20-19(27(28)29)21(23-15-22-20)26-12-10-25(11-13-26)18-8-3-2-4-9-18/h2-9,14-15H,10-13H2,1H3,(H,22,23,24). The highest BCUT2D eigenvalue weighted by Crippen LogP contribution is 2.34. The van der Waals surface area contributed by atoms with Crippen molar-refractivity contribution in [3.63, 3.8) is 0 Å². The van der Waals surface area contributed by atoms with Gasteiger partial charge in [-0.05, 0) is 36.8 Å². The lowest BCUT2D eigenvalue weighted by Gasteiger charge is -2.36. The number of para-hydroxylation sites is 1. The number of aryl methyl sites for hydroxylation is 1. The highest BCUT2D eigenvalue weighted by molar-refractivity contribution is 5.74. The number of aromatic nitrogens is 2. The first-order chi connectivity index (χ1) is 14.1. The third-order valence-corrected chi connectivity index (χ3v) is 4.97. The smallest absolute Gasteiger partial charge is 0.353 e. The number of nitrogens with zero attached hydrogens (tertiary/aromatic N) is 5. The molecule has 0 unspecified atom stereocenters. The number of hydrogen-bond acceptors (Lipinski definition) is 7. The van der Waals surface area contributed by atoms with E-state index in [0.29, 0.717) is 18.9 Å². The van der Waals surface area contributed by atoms with Crippen LogP contribution in [-0.4, -0.2) is 41.1 Å². The van der Waals surface area contributed by atoms with E-state index in [2.05, 4.69) is 32.3 Å². The van der Waals surface area contributed by atoms with Crippen LogP contribution in [0.1, 0.15) is 5.56 Å². The molecule has 0 atom stereocenters. The van der Waals surface area contributed by atoms with Gasteiger partial charge in [-0.1, -0.05) is 30.3 Å². The van der Waals surface area contributed by atoms with Crippen LogP contribution in [0.2, 0.25) is 0 Å². The van der Waals surface area contributed by atoms with Crippen LogP contribution in [0.3, 0.4) is 0 Å². The molecule has 3 aromatic rings. The third-order valence-electron chi connectivity index (χ3n) is 4.97. The molecule has 0 bridgehead atoms. The topological polar surface area (TPSA) is 87.4 Å². The average Bonchev–Trinajstić information content (AvgIpc) is 2.74. The van der Waals surface area contributed by atoms with Gasteiger partial charge in [0.15, 0.2) is 0 Å². The molecular formula is C21H22N6O2. The third kappa shape index (κ3) is 4.11. The molecule has 1 saturated heterocycles. The van der Waals surface area contributed by atoms with Gasteiger partial charge in [-0.15, -0.1) is 0 Å². The van der Waals surface area contributed by atoms with Crippen LogP contribution in [0, 0.1) is 17.0 Å². The second-order valence-electron chi connectivity index (χ2n) is 6.96. The van der Waals surface area contributed by atoms with Crippen LogP contribution in [-0.2, 0) is 0 Å². The van der Waals surface area contributed by atoms with Crippen molar-refractivity contribution in [1.29, 1.82) is 0 Å². The van der Waals surface area contributed by atoms with Crippen LogP contribution < -0.4 is 15.1 Å². The van der Waals surface area contributed by atoms with E-state index in [9.17, 15) is 10.1 Å². The van der Waals surface area contributed by atoms with E-state index >= 15 is 0 Å². The van der Waals surface area contributed by atoms with Gasteiger partial charge in [0.25, 0.3) is 0 Å². The van der Waals surface area contributed by atoms with Crippen molar-refractivity contribution < 1.29 is 4.92 Å². The Labute approximate surface area is 169 Å². The molecule has 1 aromatic heterocycles. The molecule has 0 amide bonds. The molecule has 4 rings (SSSR count). The average molecular weight is 390 g/mol. The maximum Gasteiger partial charge on any atom is 0.353 e.